The Morgan fingerprint density at radius 2 is 1.83 bits per heavy atom. The Morgan fingerprint density at radius 3 is 2.47 bits per heavy atom. The molecule has 0 spiro atoms. The third kappa shape index (κ3) is 4.31. The van der Waals surface area contributed by atoms with E-state index in [1.807, 2.05) is 26.0 Å². The highest BCUT2D eigenvalue weighted by molar-refractivity contribution is 7.93. The van der Waals surface area contributed by atoms with E-state index in [0.717, 1.165) is 11.1 Å². The quantitative estimate of drug-likeness (QED) is 0.627. The highest BCUT2D eigenvalue weighted by Crippen LogP contribution is 2.27. The average molecular weight is 444 g/mol. The van der Waals surface area contributed by atoms with Crippen molar-refractivity contribution in [3.05, 3.63) is 65.2 Å². The summed E-state index contributed by atoms with van der Waals surface area (Å²) in [5, 5.41) is 2.00. The zero-order valence-corrected chi connectivity index (χ0v) is 18.2. The van der Waals surface area contributed by atoms with Crippen LogP contribution in [-0.4, -0.2) is 32.0 Å². The molecule has 0 bridgehead atoms. The van der Waals surface area contributed by atoms with E-state index in [1.54, 1.807) is 22.4 Å². The maximum absolute atomic E-state index is 12.8. The van der Waals surface area contributed by atoms with Gasteiger partial charge in [-0.1, -0.05) is 6.07 Å². The Morgan fingerprint density at radius 1 is 1.13 bits per heavy atom. The zero-order chi connectivity index (χ0) is 21.3. The molecule has 2 heterocycles. The summed E-state index contributed by atoms with van der Waals surface area (Å²) in [5.74, 6) is 0.549. The first-order chi connectivity index (χ1) is 14.3. The summed E-state index contributed by atoms with van der Waals surface area (Å²) in [6, 6.07) is 12.1. The first-order valence-corrected chi connectivity index (χ1v) is 11.8. The highest BCUT2D eigenvalue weighted by atomic mass is 32.2. The van der Waals surface area contributed by atoms with Crippen molar-refractivity contribution >= 4 is 38.1 Å². The maximum Gasteiger partial charge on any atom is 0.268 e. The smallest absolute Gasteiger partial charge is 0.268 e. The van der Waals surface area contributed by atoms with Gasteiger partial charge in [0, 0.05) is 30.2 Å². The molecule has 0 saturated carbocycles. The van der Waals surface area contributed by atoms with Gasteiger partial charge in [0.15, 0.2) is 11.2 Å². The van der Waals surface area contributed by atoms with Gasteiger partial charge in [-0.05, 0) is 61.4 Å². The second-order valence-corrected chi connectivity index (χ2v) is 9.72. The molecule has 1 aromatic heterocycles. The number of thiazole rings is 1. The molecule has 1 aliphatic heterocycles. The third-order valence-electron chi connectivity index (χ3n) is 4.74. The van der Waals surface area contributed by atoms with E-state index in [1.165, 1.54) is 29.7 Å². The predicted molar refractivity (Wildman–Crippen MR) is 117 cm³/mol. The maximum atomic E-state index is 12.8. The van der Waals surface area contributed by atoms with Crippen LogP contribution in [0.2, 0.25) is 0 Å². The van der Waals surface area contributed by atoms with E-state index in [9.17, 15) is 13.2 Å². The Hall–Kier alpha value is -2.91. The van der Waals surface area contributed by atoms with Crippen LogP contribution in [0.1, 0.15) is 17.5 Å². The molecule has 9 heteroatoms. The summed E-state index contributed by atoms with van der Waals surface area (Å²) in [6.45, 7) is 4.49. The number of aryl methyl sites for hydroxylation is 2. The molecule has 1 N–H and O–H groups in total. The summed E-state index contributed by atoms with van der Waals surface area (Å²) in [6.07, 6.45) is 1.54. The summed E-state index contributed by atoms with van der Waals surface area (Å²) < 4.78 is 33.3. The van der Waals surface area contributed by atoms with Gasteiger partial charge in [-0.15, -0.1) is 11.3 Å². The van der Waals surface area contributed by atoms with E-state index < -0.39 is 16.1 Å². The van der Waals surface area contributed by atoms with E-state index in [4.69, 9.17) is 4.74 Å². The lowest BCUT2D eigenvalue weighted by Gasteiger charge is -2.18. The first-order valence-electron chi connectivity index (χ1n) is 9.40. The molecule has 1 unspecified atom stereocenters. The molecule has 1 aliphatic rings. The van der Waals surface area contributed by atoms with Gasteiger partial charge in [0.25, 0.3) is 15.9 Å². The molecule has 3 aromatic rings. The molecule has 0 radical (unpaired) electrons. The van der Waals surface area contributed by atoms with Gasteiger partial charge in [0.05, 0.1) is 4.90 Å². The van der Waals surface area contributed by atoms with E-state index >= 15 is 0 Å². The number of ether oxygens (including phenoxy) is 1. The number of carbonyl (C=O) groups excluding carboxylic acids is 1. The summed E-state index contributed by atoms with van der Waals surface area (Å²) in [5.41, 5.74) is 2.80. The molecule has 1 saturated heterocycles. The number of sulfonamides is 1. The number of amides is 1. The number of hydrogen-bond donors (Lipinski definition) is 1. The number of nitrogens with zero attached hydrogens (tertiary/aromatic N) is 2. The molecular formula is C21H21N3O4S2. The first kappa shape index (κ1) is 20.4. The molecule has 7 nitrogen and oxygen atoms in total. The van der Waals surface area contributed by atoms with E-state index in [2.05, 4.69) is 15.8 Å². The zero-order valence-electron chi connectivity index (χ0n) is 16.5. The van der Waals surface area contributed by atoms with Crippen molar-refractivity contribution in [3.8, 4) is 5.75 Å². The van der Waals surface area contributed by atoms with Crippen LogP contribution in [0.3, 0.4) is 0 Å². The van der Waals surface area contributed by atoms with Crippen LogP contribution in [0.25, 0.3) is 0 Å². The van der Waals surface area contributed by atoms with Gasteiger partial charge in [0.1, 0.15) is 5.75 Å². The van der Waals surface area contributed by atoms with Gasteiger partial charge in [-0.2, -0.15) is 0 Å². The summed E-state index contributed by atoms with van der Waals surface area (Å²) >= 11 is 1.20. The second kappa shape index (κ2) is 8.08. The largest absolute Gasteiger partial charge is 0.480 e. The minimum atomic E-state index is -3.73. The normalized spacial score (nSPS) is 16.7. The highest BCUT2D eigenvalue weighted by Gasteiger charge is 2.34. The van der Waals surface area contributed by atoms with Crippen molar-refractivity contribution in [2.45, 2.75) is 31.3 Å². The van der Waals surface area contributed by atoms with Crippen molar-refractivity contribution < 1.29 is 17.9 Å². The van der Waals surface area contributed by atoms with Crippen LogP contribution in [-0.2, 0) is 14.8 Å². The molecule has 30 heavy (non-hydrogen) atoms. The fourth-order valence-electron chi connectivity index (χ4n) is 3.44. The topological polar surface area (TPSA) is 88.6 Å². The van der Waals surface area contributed by atoms with Crippen LogP contribution in [0.5, 0.6) is 5.75 Å². The number of nitrogens with one attached hydrogen (secondary N) is 1. The Bertz CT molecular complexity index is 1140. The predicted octanol–water partition coefficient (Wildman–Crippen LogP) is 3.75. The van der Waals surface area contributed by atoms with Crippen molar-refractivity contribution in [1.82, 2.24) is 4.98 Å². The van der Waals surface area contributed by atoms with Crippen LogP contribution in [0, 0.1) is 13.8 Å². The van der Waals surface area contributed by atoms with Crippen molar-refractivity contribution in [2.24, 2.45) is 0 Å². The molecular weight excluding hydrogens is 422 g/mol. The summed E-state index contributed by atoms with van der Waals surface area (Å²) in [4.78, 5) is 18.5. The molecule has 2 aromatic carbocycles. The SMILES string of the molecule is Cc1cc(C)cc(OC2CCN(c3ccc(S(=O)(=O)Nc4nccs4)cc3)C2=O)c1. The monoisotopic (exact) mass is 443 g/mol. The minimum absolute atomic E-state index is 0.108. The van der Waals surface area contributed by atoms with Crippen LogP contribution in [0.15, 0.2) is 58.9 Å². The standard InChI is InChI=1S/C21H21N3O4S2/c1-14-11-15(2)13-17(12-14)28-19-7-9-24(20(19)25)16-3-5-18(6-4-16)30(26,27)23-21-22-8-10-29-21/h3-6,8,10-13,19H,7,9H2,1-2H3,(H,22,23). The number of aromatic nitrogens is 1. The molecule has 1 fully saturated rings. The lowest BCUT2D eigenvalue weighted by atomic mass is 10.1. The number of anilines is 2. The Labute approximate surface area is 179 Å². The fraction of sp³-hybridized carbons (Fsp3) is 0.238. The second-order valence-electron chi connectivity index (χ2n) is 7.15. The van der Waals surface area contributed by atoms with Gasteiger partial charge in [-0.25, -0.2) is 13.4 Å². The number of benzene rings is 2. The fourth-order valence-corrected chi connectivity index (χ4v) is 5.23. The van der Waals surface area contributed by atoms with Gasteiger partial charge in [-0.3, -0.25) is 9.52 Å². The molecule has 0 aliphatic carbocycles. The lowest BCUT2D eigenvalue weighted by molar-refractivity contribution is -0.122. The Kier molecular flexibility index (Phi) is 5.48. The van der Waals surface area contributed by atoms with Crippen LogP contribution in [0.4, 0.5) is 10.8 Å². The van der Waals surface area contributed by atoms with Crippen LogP contribution < -0.4 is 14.4 Å². The number of carbonyl (C=O) groups is 1. The number of rotatable bonds is 6. The minimum Gasteiger partial charge on any atom is -0.480 e. The van der Waals surface area contributed by atoms with E-state index in [0.29, 0.717) is 29.5 Å². The van der Waals surface area contributed by atoms with Gasteiger partial charge >= 0.3 is 0 Å². The lowest BCUT2D eigenvalue weighted by Crippen LogP contribution is -2.32. The van der Waals surface area contributed by atoms with Gasteiger partial charge < -0.3 is 9.64 Å². The number of hydrogen-bond acceptors (Lipinski definition) is 6. The Balaban J connectivity index is 1.46. The van der Waals surface area contributed by atoms with Crippen LogP contribution >= 0.6 is 11.3 Å². The average Bonchev–Trinajstić information content (AvgIpc) is 3.31. The molecule has 156 valence electrons. The molecule has 1 atom stereocenters. The van der Waals surface area contributed by atoms with E-state index in [-0.39, 0.29) is 10.8 Å². The molecule has 4 rings (SSSR count). The van der Waals surface area contributed by atoms with Crippen molar-refractivity contribution in [3.63, 3.8) is 0 Å². The summed E-state index contributed by atoms with van der Waals surface area (Å²) in [7, 11) is -3.73. The molecule has 1 amide bonds. The van der Waals surface area contributed by atoms with Crippen molar-refractivity contribution in [1.29, 1.82) is 0 Å². The van der Waals surface area contributed by atoms with Crippen molar-refractivity contribution in [2.75, 3.05) is 16.2 Å². The third-order valence-corrected chi connectivity index (χ3v) is 6.92. The van der Waals surface area contributed by atoms with Gasteiger partial charge in [0.2, 0.25) is 0 Å².